The van der Waals surface area contributed by atoms with Crippen LogP contribution in [0.2, 0.25) is 5.02 Å². The second kappa shape index (κ2) is 8.79. The van der Waals surface area contributed by atoms with Crippen LogP contribution in [0.25, 0.3) is 5.57 Å². The molecule has 1 atom stereocenters. The number of halogens is 1. The Balaban J connectivity index is 1.79. The van der Waals surface area contributed by atoms with Gasteiger partial charge in [-0.15, -0.1) is 0 Å². The molecule has 4 rings (SSSR count). The van der Waals surface area contributed by atoms with Gasteiger partial charge in [-0.2, -0.15) is 0 Å². The van der Waals surface area contributed by atoms with E-state index in [0.717, 1.165) is 31.5 Å². The molecule has 166 valence electrons. The van der Waals surface area contributed by atoms with Crippen LogP contribution < -0.4 is 10.2 Å². The number of hydrogen-bond acceptors (Lipinski definition) is 4. The van der Waals surface area contributed by atoms with Crippen molar-refractivity contribution < 1.29 is 14.4 Å². The maximum atomic E-state index is 13.6. The number of hydrogen-bond donors (Lipinski definition) is 1. The van der Waals surface area contributed by atoms with E-state index in [9.17, 15) is 14.4 Å². The number of nitrogens with one attached hydrogen (secondary N) is 1. The first-order valence-electron chi connectivity index (χ1n) is 10.8. The number of rotatable bonds is 4. The predicted molar refractivity (Wildman–Crippen MR) is 126 cm³/mol. The van der Waals surface area contributed by atoms with Gasteiger partial charge in [0, 0.05) is 30.7 Å². The lowest BCUT2D eigenvalue weighted by atomic mass is 9.97. The molecule has 0 bridgehead atoms. The van der Waals surface area contributed by atoms with E-state index in [0.29, 0.717) is 39.1 Å². The summed E-state index contributed by atoms with van der Waals surface area (Å²) in [6, 6.07) is 12.2. The standard InChI is InChI=1S/C25H26ClN3O3/c1-15-5-4-12-28(14-15)23-22(18-7-9-19(10-8-18)27-17(3)30)24(31)29(25(23)32)20-11-6-16(2)21(26)13-20/h6-11,13,15H,4-5,12,14H2,1-3H3,(H,27,30). The molecule has 0 saturated carbocycles. The molecule has 0 aliphatic carbocycles. The summed E-state index contributed by atoms with van der Waals surface area (Å²) in [7, 11) is 0. The average molecular weight is 452 g/mol. The lowest BCUT2D eigenvalue weighted by Crippen LogP contribution is -2.39. The summed E-state index contributed by atoms with van der Waals surface area (Å²) in [5, 5.41) is 3.23. The van der Waals surface area contributed by atoms with Crippen molar-refractivity contribution in [2.24, 2.45) is 5.92 Å². The van der Waals surface area contributed by atoms with E-state index in [1.54, 1.807) is 42.5 Å². The Morgan fingerprint density at radius 3 is 2.44 bits per heavy atom. The highest BCUT2D eigenvalue weighted by Gasteiger charge is 2.43. The zero-order valence-corrected chi connectivity index (χ0v) is 19.2. The molecule has 32 heavy (non-hydrogen) atoms. The fourth-order valence-electron chi connectivity index (χ4n) is 4.34. The molecule has 2 aromatic rings. The molecule has 1 N–H and O–H groups in total. The van der Waals surface area contributed by atoms with Gasteiger partial charge in [0.05, 0.1) is 11.3 Å². The van der Waals surface area contributed by atoms with E-state index < -0.39 is 0 Å². The Bertz CT molecular complexity index is 1120. The van der Waals surface area contributed by atoms with Crippen LogP contribution in [0.1, 0.15) is 37.8 Å². The van der Waals surface area contributed by atoms with Gasteiger partial charge in [0.1, 0.15) is 5.70 Å². The number of carbonyl (C=O) groups is 3. The molecule has 1 saturated heterocycles. The van der Waals surface area contributed by atoms with Gasteiger partial charge in [-0.25, -0.2) is 4.90 Å². The zero-order chi connectivity index (χ0) is 23.0. The number of amides is 3. The minimum absolute atomic E-state index is 0.172. The van der Waals surface area contributed by atoms with Crippen molar-refractivity contribution in [3.05, 3.63) is 64.3 Å². The first-order chi connectivity index (χ1) is 15.3. The molecule has 7 heteroatoms. The molecule has 3 amide bonds. The third-order valence-corrected chi connectivity index (χ3v) is 6.35. The molecule has 0 aromatic heterocycles. The summed E-state index contributed by atoms with van der Waals surface area (Å²) in [5.74, 6) is -0.430. The number of aryl methyl sites for hydroxylation is 1. The molecule has 6 nitrogen and oxygen atoms in total. The fourth-order valence-corrected chi connectivity index (χ4v) is 4.52. The zero-order valence-electron chi connectivity index (χ0n) is 18.4. The Kier molecular flexibility index (Phi) is 6.07. The largest absolute Gasteiger partial charge is 0.366 e. The maximum Gasteiger partial charge on any atom is 0.282 e. The SMILES string of the molecule is CC(=O)Nc1ccc(C2=C(N3CCCC(C)C3)C(=O)N(c3ccc(C)c(Cl)c3)C2=O)cc1. The summed E-state index contributed by atoms with van der Waals surface area (Å²) < 4.78 is 0. The Hall–Kier alpha value is -3.12. The van der Waals surface area contributed by atoms with E-state index >= 15 is 0 Å². The lowest BCUT2D eigenvalue weighted by Gasteiger charge is -2.33. The van der Waals surface area contributed by atoms with Crippen molar-refractivity contribution in [2.45, 2.75) is 33.6 Å². The highest BCUT2D eigenvalue weighted by molar-refractivity contribution is 6.45. The van der Waals surface area contributed by atoms with Crippen molar-refractivity contribution in [1.29, 1.82) is 0 Å². The van der Waals surface area contributed by atoms with Crippen LogP contribution in [-0.4, -0.2) is 35.7 Å². The third kappa shape index (κ3) is 4.15. The molecular formula is C25H26ClN3O3. The van der Waals surface area contributed by atoms with Gasteiger partial charge >= 0.3 is 0 Å². The third-order valence-electron chi connectivity index (χ3n) is 5.94. The van der Waals surface area contributed by atoms with E-state index in [1.807, 2.05) is 11.8 Å². The fraction of sp³-hybridized carbons (Fsp3) is 0.320. The van der Waals surface area contributed by atoms with Crippen LogP contribution >= 0.6 is 11.6 Å². The molecule has 2 heterocycles. The van der Waals surface area contributed by atoms with Crippen LogP contribution in [0.5, 0.6) is 0 Å². The first-order valence-corrected chi connectivity index (χ1v) is 11.2. The van der Waals surface area contributed by atoms with Crippen LogP contribution in [-0.2, 0) is 14.4 Å². The van der Waals surface area contributed by atoms with Crippen molar-refractivity contribution in [3.63, 3.8) is 0 Å². The molecule has 0 radical (unpaired) electrons. The predicted octanol–water partition coefficient (Wildman–Crippen LogP) is 4.62. The summed E-state index contributed by atoms with van der Waals surface area (Å²) in [6.45, 7) is 6.93. The van der Waals surface area contributed by atoms with E-state index in [4.69, 9.17) is 11.6 Å². The van der Waals surface area contributed by atoms with Gasteiger partial charge in [0.15, 0.2) is 0 Å². The van der Waals surface area contributed by atoms with Gasteiger partial charge in [-0.3, -0.25) is 14.4 Å². The number of nitrogens with zero attached hydrogens (tertiary/aromatic N) is 2. The van der Waals surface area contributed by atoms with Crippen molar-refractivity contribution in [1.82, 2.24) is 4.90 Å². The monoisotopic (exact) mass is 451 g/mol. The topological polar surface area (TPSA) is 69.7 Å². The molecule has 2 aromatic carbocycles. The Morgan fingerprint density at radius 1 is 1.09 bits per heavy atom. The summed E-state index contributed by atoms with van der Waals surface area (Å²) in [4.78, 5) is 41.8. The minimum atomic E-state index is -0.365. The first kappa shape index (κ1) is 22.1. The maximum absolute atomic E-state index is 13.6. The van der Waals surface area contributed by atoms with E-state index in [1.165, 1.54) is 11.8 Å². The second-order valence-corrected chi connectivity index (χ2v) is 8.96. The van der Waals surface area contributed by atoms with E-state index in [-0.39, 0.29) is 17.7 Å². The molecule has 2 aliphatic heterocycles. The van der Waals surface area contributed by atoms with Crippen molar-refractivity contribution in [3.8, 4) is 0 Å². The van der Waals surface area contributed by atoms with Crippen LogP contribution in [0.3, 0.4) is 0 Å². The Morgan fingerprint density at radius 2 is 1.81 bits per heavy atom. The molecular weight excluding hydrogens is 426 g/mol. The number of likely N-dealkylation sites (tertiary alicyclic amines) is 1. The second-order valence-electron chi connectivity index (χ2n) is 8.55. The number of piperidine rings is 1. The molecule has 2 aliphatic rings. The summed E-state index contributed by atoms with van der Waals surface area (Å²) >= 11 is 6.30. The number of benzene rings is 2. The van der Waals surface area contributed by atoms with Gasteiger partial charge in [-0.1, -0.05) is 36.7 Å². The smallest absolute Gasteiger partial charge is 0.282 e. The van der Waals surface area contributed by atoms with Crippen LogP contribution in [0.4, 0.5) is 11.4 Å². The number of carbonyl (C=O) groups excluding carboxylic acids is 3. The highest BCUT2D eigenvalue weighted by atomic mass is 35.5. The van der Waals surface area contributed by atoms with Gasteiger partial charge in [-0.05, 0) is 61.1 Å². The van der Waals surface area contributed by atoms with Gasteiger partial charge in [0.2, 0.25) is 5.91 Å². The average Bonchev–Trinajstić information content (AvgIpc) is 3.00. The molecule has 1 unspecified atom stereocenters. The number of imide groups is 1. The summed E-state index contributed by atoms with van der Waals surface area (Å²) in [6.07, 6.45) is 2.07. The highest BCUT2D eigenvalue weighted by Crippen LogP contribution is 2.37. The number of anilines is 2. The molecule has 0 spiro atoms. The van der Waals surface area contributed by atoms with E-state index in [2.05, 4.69) is 12.2 Å². The molecule has 1 fully saturated rings. The normalized spacial score (nSPS) is 19.1. The van der Waals surface area contributed by atoms with Crippen molar-refractivity contribution >= 4 is 46.3 Å². The van der Waals surface area contributed by atoms with Gasteiger partial charge in [0.25, 0.3) is 11.8 Å². The van der Waals surface area contributed by atoms with Gasteiger partial charge < -0.3 is 10.2 Å². The Labute approximate surface area is 192 Å². The van der Waals surface area contributed by atoms with Crippen LogP contribution in [0.15, 0.2) is 48.2 Å². The summed E-state index contributed by atoms with van der Waals surface area (Å²) in [5.41, 5.74) is 3.44. The van der Waals surface area contributed by atoms with Crippen molar-refractivity contribution in [2.75, 3.05) is 23.3 Å². The quantitative estimate of drug-likeness (QED) is 0.688. The lowest BCUT2D eigenvalue weighted by molar-refractivity contribution is -0.121. The van der Waals surface area contributed by atoms with Crippen LogP contribution in [0, 0.1) is 12.8 Å². The minimum Gasteiger partial charge on any atom is -0.366 e.